The van der Waals surface area contributed by atoms with Crippen LogP contribution in [-0.2, 0) is 73.5 Å². The van der Waals surface area contributed by atoms with Crippen LogP contribution in [0.3, 0.4) is 0 Å². The number of alkyl carbamates (subject to hydrolysis) is 1. The van der Waals surface area contributed by atoms with E-state index in [-0.39, 0.29) is 109 Å². The molecule has 6 saturated heterocycles. The van der Waals surface area contributed by atoms with Gasteiger partial charge in [0.25, 0.3) is 10.1 Å². The molecule has 15 rings (SSSR count). The number of allylic oxidation sites excluding steroid dienone is 1. The maximum atomic E-state index is 13.2. The number of aromatic amines is 3. The summed E-state index contributed by atoms with van der Waals surface area (Å²) in [7, 11) is -3.27. The van der Waals surface area contributed by atoms with Gasteiger partial charge in [0.2, 0.25) is 0 Å². The van der Waals surface area contributed by atoms with E-state index in [0.29, 0.717) is 73.9 Å². The first kappa shape index (κ1) is 127. The molecule has 147 heavy (non-hydrogen) atoms. The average Bonchev–Trinajstić information content (AvgIpc) is 1.57. The molecule has 1 aliphatic carbocycles. The fourth-order valence-corrected chi connectivity index (χ4v) is 18.6. The van der Waals surface area contributed by atoms with Gasteiger partial charge in [0, 0.05) is 64.6 Å². The van der Waals surface area contributed by atoms with Gasteiger partial charge in [-0.15, -0.1) is 0 Å². The number of hydrogen-bond donors (Lipinski definition) is 11. The number of aliphatic hydroxyl groups excluding tert-OH is 5. The summed E-state index contributed by atoms with van der Waals surface area (Å²) in [5, 5.41) is 74.7. The number of carbonyl (C=O) groups excluding carboxylic acids is 6. The molecule has 17 atom stereocenters. The van der Waals surface area contributed by atoms with E-state index in [4.69, 9.17) is 102 Å². The molecule has 51 heteroatoms. The number of H-pyrrole nitrogens is 3. The number of ether oxygens (including phenoxy) is 10. The van der Waals surface area contributed by atoms with Crippen LogP contribution < -0.4 is 40.0 Å². The van der Waals surface area contributed by atoms with Crippen LogP contribution in [0.25, 0.3) is 49.1 Å². The number of azide groups is 1. The second-order valence-corrected chi connectivity index (χ2v) is 43.1. The number of carboxylic acid groups (broad SMARTS) is 1. The molecule has 7 aromatic heterocycles. The second-order valence-electron chi connectivity index (χ2n) is 40.6. The van der Waals surface area contributed by atoms with Gasteiger partial charge < -0.3 is 103 Å². The number of aryl methyl sites for hydroxylation is 1. The number of aliphatic carboxylic acids is 1. The minimum atomic E-state index is -4.02. The van der Waals surface area contributed by atoms with Crippen molar-refractivity contribution in [3.8, 4) is 0 Å². The van der Waals surface area contributed by atoms with Crippen LogP contribution in [0.15, 0.2) is 84.3 Å². The van der Waals surface area contributed by atoms with Crippen molar-refractivity contribution < 1.29 is 159 Å². The molecule has 0 radical (unpaired) electrons. The molecule has 0 saturated carbocycles. The Bertz CT molecular complexity index is 6060. The van der Waals surface area contributed by atoms with Crippen LogP contribution in [-0.4, -0.2) is 306 Å². The number of esters is 1. The number of nitrogens with one attached hydrogen (secondary N) is 4. The first-order valence-corrected chi connectivity index (χ1v) is 48.3. The number of rotatable bonds is 14. The molecule has 11 N–H and O–H groups in total. The van der Waals surface area contributed by atoms with E-state index in [0.717, 1.165) is 23.1 Å². The molecule has 0 bridgehead atoms. The number of aliphatic hydroxyl groups is 5. The first-order chi connectivity index (χ1) is 66.4. The number of amides is 5. The topological polar surface area (TPSA) is 635 Å². The van der Waals surface area contributed by atoms with Crippen LogP contribution in [0.2, 0.25) is 15.5 Å². The summed E-state index contributed by atoms with van der Waals surface area (Å²) >= 11 is 18.4. The summed E-state index contributed by atoms with van der Waals surface area (Å²) in [6, 6.07) is -0.138. The van der Waals surface area contributed by atoms with Crippen molar-refractivity contribution in [2.45, 2.75) is 350 Å². The zero-order chi connectivity index (χ0) is 107. The number of carbonyl (C=O) groups is 7. The van der Waals surface area contributed by atoms with Gasteiger partial charge in [0.1, 0.15) is 130 Å². The zero-order valence-electron chi connectivity index (χ0n) is 85.4. The molecule has 13 heterocycles. The third-order valence-electron chi connectivity index (χ3n) is 22.9. The van der Waals surface area contributed by atoms with E-state index in [9.17, 15) is 67.5 Å². The molecule has 6 fully saturated rings. The Labute approximate surface area is 892 Å². The van der Waals surface area contributed by atoms with Crippen molar-refractivity contribution in [3.63, 3.8) is 0 Å². The number of hydrogen-bond acceptors (Lipinski definition) is 34. The van der Waals surface area contributed by atoms with Gasteiger partial charge in [-0.3, -0.25) is 28.9 Å². The van der Waals surface area contributed by atoms with Crippen LogP contribution in [0, 0.1) is 18.8 Å². The zero-order valence-corrected chi connectivity index (χ0v) is 90.5. The Balaban J connectivity index is 0.000000315. The summed E-state index contributed by atoms with van der Waals surface area (Å²) < 4.78 is 87.0. The molecule has 8 aromatic rings. The normalized spacial score (nSPS) is 23.5. The number of nitrogens with zero attached hydrogens (tertiary/aromatic N) is 15. The molecule has 7 aliphatic rings. The largest absolute Gasteiger partial charge is 1.00 e. The van der Waals surface area contributed by atoms with Crippen LogP contribution in [0.4, 0.5) is 29.8 Å². The van der Waals surface area contributed by atoms with Crippen molar-refractivity contribution in [1.82, 2.24) is 79.7 Å². The standard InChI is InChI=1S/C20H27ClN4O4.C20H26N6O5.C19H25ClN4O5.C16H21ClN4O5.C10H19NO4.C7H8O3S.CH3O.3CH4.Na/c1-7-13-10(2)17(28-11(3)26)16(25(13)19(27)29-20(4,5)6)12-8-22-15-14(12)23-9-24-18(15)21;1-19(2,3)31-18(28)26-12(8-27)15-16(30-20(4,5)29-15)14(26)10-6-7-11-13(10)22-9-23-17(11)24-25-21;1-18(2,3)29-17(26)24-10(7-25)14-15(28-19(4,5)27-14)13(24)9-6-21-12-11(9)22-8-23-16(12)20;1-16(2,3)26-15(25)21-8(5-22)12(23)13(24)11(21)7-4-18-10-9(7)19-6-20-14(10)17;1-6(2)7(8(12)13)11-9(14)15-10(3,4)5;1-6-2-4-7(5-3-6)11(8,9)10;1-2;;;;/h8-10,13,16-17,22H,7H2,1-6H3;6,9,12,14-16,27H,7-8H2,1-5H3;6,8,10,13-15,21,25H,7H2,1-5H3;4,6,8,11-13,18,22-24H,5H2,1-3H3;6-7H,1-5H3,(H,11,14)(H,12,13);2-5H,1H3,(H,8,9,10);1H3;3*1H4;/q;;;;;;-1;;;;+1/t10-,13-,16+,17-;12-,14-,15+,16-;10-,13+,14-,15+;8-,11+,12-,13+;7-;;;;;;/m10110....../s1. The fraction of sp³-hybridized carbons (Fsp3) is 0.615. The van der Waals surface area contributed by atoms with Gasteiger partial charge in [-0.05, 0) is 186 Å². The van der Waals surface area contributed by atoms with E-state index in [1.807, 2.05) is 61.5 Å². The average molecular weight is 2150 g/mol. The second kappa shape index (κ2) is 51.1. The van der Waals surface area contributed by atoms with E-state index in [2.05, 4.69) is 70.2 Å². The van der Waals surface area contributed by atoms with E-state index >= 15 is 0 Å². The Morgan fingerprint density at radius 1 is 0.565 bits per heavy atom. The van der Waals surface area contributed by atoms with Gasteiger partial charge >= 0.3 is 72.0 Å². The Kier molecular flexibility index (Phi) is 44.3. The number of aromatic nitrogens is 11. The minimum absolute atomic E-state index is 0. The molecule has 1 aromatic carbocycles. The molecule has 5 amide bonds. The van der Waals surface area contributed by atoms with Crippen molar-refractivity contribution in [1.29, 1.82) is 0 Å². The number of fused-ring (bicyclic) bond motifs is 6. The van der Waals surface area contributed by atoms with Gasteiger partial charge in [-0.2, -0.15) is 15.5 Å². The third kappa shape index (κ3) is 30.7. The van der Waals surface area contributed by atoms with Crippen LogP contribution in [0.1, 0.15) is 247 Å². The quantitative estimate of drug-likeness (QED) is 0.00704. The summed E-state index contributed by atoms with van der Waals surface area (Å²) in [5.74, 6) is -3.21. The van der Waals surface area contributed by atoms with Gasteiger partial charge in [0.15, 0.2) is 27.0 Å². The molecular weight excluding hydrogens is 2010 g/mol. The van der Waals surface area contributed by atoms with Crippen molar-refractivity contribution >= 4 is 132 Å². The third-order valence-corrected chi connectivity index (χ3v) is 24.7. The Hall–Kier alpha value is -10.1. The van der Waals surface area contributed by atoms with Crippen molar-refractivity contribution in [2.24, 2.45) is 17.0 Å². The predicted octanol–water partition coefficient (Wildman–Crippen LogP) is 11.6. The Morgan fingerprint density at radius 2 is 0.925 bits per heavy atom. The smallest absolute Gasteiger partial charge is 0.857 e. The molecular formula is C96H141Cl3N19NaO27S. The van der Waals surface area contributed by atoms with Crippen LogP contribution >= 0.6 is 34.8 Å². The number of likely N-dealkylation sites (tertiary alicyclic amines) is 4. The number of benzene rings is 1. The van der Waals surface area contributed by atoms with Crippen LogP contribution in [0.5, 0.6) is 0 Å². The van der Waals surface area contributed by atoms with Crippen molar-refractivity contribution in [2.75, 3.05) is 26.9 Å². The molecule has 46 nitrogen and oxygen atoms in total. The summed E-state index contributed by atoms with van der Waals surface area (Å²) in [5.41, 5.74) is 13.3. The molecule has 0 spiro atoms. The van der Waals surface area contributed by atoms with E-state index < -0.39 is 190 Å². The number of carboxylic acids is 1. The fourth-order valence-electron chi connectivity index (χ4n) is 17.6. The molecule has 6 aliphatic heterocycles. The van der Waals surface area contributed by atoms with Crippen molar-refractivity contribution in [3.05, 3.63) is 134 Å². The van der Waals surface area contributed by atoms with E-state index in [1.54, 1.807) is 146 Å². The van der Waals surface area contributed by atoms with E-state index in [1.165, 1.54) is 54.2 Å². The SMILES string of the molecule is C.C.C.CC(C)(C)OC(=O)N1[C@@H](CO)[C@H]2OC(C)(C)O[C@H]2[C@@H]1C1=CCc2c(N=[N+]=[N-])ncnc21.CC(C)(C)OC(=O)N1[C@H](CO)[C@@H](O)[C@@H](O)[C@@H]1c1c[nH]c2c(Cl)ncnc12.CC(C)(C)OC(=O)N1[C@H](CO)[C@H]2OC(C)(C)O[C@H]2[C@@H]1c1c[nH]c2c(Cl)ncnc12.CC(C)[C@H](NC(=O)OC(C)(C)C)C(=O)O.CC[C@@H]1[C@@H](C)[C@@H](OC(C)=O)[C@H](c2c[nH]c3c(Cl)ncnc23)N1C(=O)OC(C)(C)C.C[O-].Cc1ccc(S(=O)(=O)O)cc1.[Na+]. The summed E-state index contributed by atoms with van der Waals surface area (Å²) in [4.78, 5) is 137. The van der Waals surface area contributed by atoms with Gasteiger partial charge in [-0.25, -0.2) is 68.6 Å². The monoisotopic (exact) mass is 2150 g/mol. The maximum absolute atomic E-state index is 13.2. The molecule has 0 unspecified atom stereocenters. The predicted molar refractivity (Wildman–Crippen MR) is 537 cm³/mol. The van der Waals surface area contributed by atoms with Gasteiger partial charge in [0.05, 0.1) is 83.2 Å². The first-order valence-electron chi connectivity index (χ1n) is 45.7. The van der Waals surface area contributed by atoms with Gasteiger partial charge in [-0.1, -0.05) is 109 Å². The summed E-state index contributed by atoms with van der Waals surface area (Å²) in [6.07, 6.45) is 5.02. The minimum Gasteiger partial charge on any atom is -0.857 e. The maximum Gasteiger partial charge on any atom is 1.00 e. The summed E-state index contributed by atoms with van der Waals surface area (Å²) in [6.45, 7) is 43.2. The number of halogens is 3. The Morgan fingerprint density at radius 3 is 1.29 bits per heavy atom. The molecule has 810 valence electrons.